The lowest BCUT2D eigenvalue weighted by molar-refractivity contribution is -0.137. The lowest BCUT2D eigenvalue weighted by atomic mass is 10.1. The fourth-order valence-corrected chi connectivity index (χ4v) is 5.56. The highest BCUT2D eigenvalue weighted by molar-refractivity contribution is 9.10. The molecule has 1 aliphatic rings. The summed E-state index contributed by atoms with van der Waals surface area (Å²) in [5.41, 5.74) is 0.938. The minimum atomic E-state index is -0.825. The molecule has 0 aromatic heterocycles. The number of rotatable bonds is 12. The van der Waals surface area contributed by atoms with Gasteiger partial charge < -0.3 is 14.6 Å². The van der Waals surface area contributed by atoms with E-state index in [1.165, 1.54) is 23.9 Å². The number of amides is 1. The Morgan fingerprint density at radius 2 is 2.06 bits per heavy atom. The fraction of sp³-hybridized carbons (Fsp3) is 0.320. The van der Waals surface area contributed by atoms with Gasteiger partial charge in [-0.3, -0.25) is 14.5 Å². The number of hydrogen-bond donors (Lipinski definition) is 1. The molecule has 11 heteroatoms. The van der Waals surface area contributed by atoms with Crippen molar-refractivity contribution in [2.24, 2.45) is 0 Å². The average molecular weight is 617 g/mol. The number of carboxylic acids is 1. The summed E-state index contributed by atoms with van der Waals surface area (Å²) in [7, 11) is 0. The van der Waals surface area contributed by atoms with Crippen molar-refractivity contribution in [2.45, 2.75) is 39.2 Å². The van der Waals surface area contributed by atoms with Gasteiger partial charge in [-0.1, -0.05) is 48.1 Å². The van der Waals surface area contributed by atoms with E-state index in [-0.39, 0.29) is 29.5 Å². The third-order valence-corrected chi connectivity index (χ3v) is 7.52. The van der Waals surface area contributed by atoms with Gasteiger partial charge in [-0.15, -0.1) is 0 Å². The van der Waals surface area contributed by atoms with E-state index < -0.39 is 11.8 Å². The van der Waals surface area contributed by atoms with Crippen molar-refractivity contribution < 1.29 is 28.6 Å². The molecule has 2 aromatic rings. The fourth-order valence-electron chi connectivity index (χ4n) is 3.46. The largest absolute Gasteiger partial charge is 0.490 e. The molecule has 36 heavy (non-hydrogen) atoms. The molecular formula is C25H24BrClFNO5S2. The topological polar surface area (TPSA) is 76.1 Å². The summed E-state index contributed by atoms with van der Waals surface area (Å²) in [5.74, 6) is -0.653. The van der Waals surface area contributed by atoms with Gasteiger partial charge in [0.1, 0.15) is 16.7 Å². The number of carboxylic acid groups (broad SMARTS) is 1. The Morgan fingerprint density at radius 1 is 1.28 bits per heavy atom. The normalized spacial score (nSPS) is 14.6. The zero-order valence-corrected chi connectivity index (χ0v) is 23.4. The molecule has 0 radical (unpaired) electrons. The molecule has 0 aliphatic carbocycles. The third kappa shape index (κ3) is 7.44. The summed E-state index contributed by atoms with van der Waals surface area (Å²) in [6.07, 6.45) is 3.78. The first-order valence-corrected chi connectivity index (χ1v) is 13.6. The van der Waals surface area contributed by atoms with Gasteiger partial charge in [0.05, 0.1) is 21.0 Å². The van der Waals surface area contributed by atoms with E-state index in [0.717, 1.165) is 0 Å². The van der Waals surface area contributed by atoms with Gasteiger partial charge >= 0.3 is 5.97 Å². The van der Waals surface area contributed by atoms with Crippen LogP contribution < -0.4 is 9.47 Å². The molecule has 0 unspecified atom stereocenters. The Balaban J connectivity index is 1.74. The number of aliphatic carboxylic acids is 1. The quantitative estimate of drug-likeness (QED) is 0.155. The first kappa shape index (κ1) is 28.4. The SMILES string of the molecule is CCOc1cc(/C=C2/SC(=S)N(CCCCCC(=O)O)C2=O)cc(Br)c1OCc1c(F)cccc1Cl. The van der Waals surface area contributed by atoms with Gasteiger partial charge in [0.2, 0.25) is 0 Å². The zero-order valence-electron chi connectivity index (χ0n) is 19.4. The van der Waals surface area contributed by atoms with Crippen LogP contribution in [0, 0.1) is 5.82 Å². The number of unbranched alkanes of at least 4 members (excludes halogenated alkanes) is 2. The zero-order chi connectivity index (χ0) is 26.2. The lowest BCUT2D eigenvalue weighted by Gasteiger charge is -2.16. The minimum absolute atomic E-state index is 0.0886. The molecule has 0 bridgehead atoms. The van der Waals surface area contributed by atoms with E-state index in [1.807, 2.05) is 6.92 Å². The highest BCUT2D eigenvalue weighted by Gasteiger charge is 2.31. The van der Waals surface area contributed by atoms with Gasteiger partial charge in [-0.25, -0.2) is 4.39 Å². The van der Waals surface area contributed by atoms with Gasteiger partial charge in [-0.2, -0.15) is 0 Å². The van der Waals surface area contributed by atoms with E-state index in [2.05, 4.69) is 15.9 Å². The number of thioether (sulfide) groups is 1. The van der Waals surface area contributed by atoms with Crippen molar-refractivity contribution in [2.75, 3.05) is 13.2 Å². The molecule has 1 saturated heterocycles. The monoisotopic (exact) mass is 615 g/mol. The molecule has 2 aromatic carbocycles. The summed E-state index contributed by atoms with van der Waals surface area (Å²) >= 11 is 16.2. The Bertz CT molecular complexity index is 1170. The van der Waals surface area contributed by atoms with E-state index in [4.69, 9.17) is 38.4 Å². The molecule has 1 aliphatic heterocycles. The number of thiocarbonyl (C=S) groups is 1. The van der Waals surface area contributed by atoms with Crippen LogP contribution in [0.5, 0.6) is 11.5 Å². The van der Waals surface area contributed by atoms with Crippen LogP contribution in [0.1, 0.15) is 43.7 Å². The predicted molar refractivity (Wildman–Crippen MR) is 147 cm³/mol. The first-order valence-electron chi connectivity index (χ1n) is 11.2. The van der Waals surface area contributed by atoms with E-state index >= 15 is 0 Å². The van der Waals surface area contributed by atoms with Gasteiger partial charge in [-0.05, 0) is 71.6 Å². The number of nitrogens with zero attached hydrogens (tertiary/aromatic N) is 1. The number of carbonyl (C=O) groups excluding carboxylic acids is 1. The van der Waals surface area contributed by atoms with Crippen molar-refractivity contribution in [1.82, 2.24) is 4.90 Å². The summed E-state index contributed by atoms with van der Waals surface area (Å²) < 4.78 is 26.8. The summed E-state index contributed by atoms with van der Waals surface area (Å²) in [6.45, 7) is 2.56. The highest BCUT2D eigenvalue weighted by atomic mass is 79.9. The van der Waals surface area contributed by atoms with Crippen molar-refractivity contribution in [3.63, 3.8) is 0 Å². The second-order valence-electron chi connectivity index (χ2n) is 7.79. The minimum Gasteiger partial charge on any atom is -0.490 e. The van der Waals surface area contributed by atoms with Crippen LogP contribution in [0.3, 0.4) is 0 Å². The van der Waals surface area contributed by atoms with Crippen LogP contribution in [-0.4, -0.2) is 39.4 Å². The lowest BCUT2D eigenvalue weighted by Crippen LogP contribution is -2.29. The van der Waals surface area contributed by atoms with Gasteiger partial charge in [0, 0.05) is 18.5 Å². The third-order valence-electron chi connectivity index (χ3n) is 5.20. The van der Waals surface area contributed by atoms with Crippen molar-refractivity contribution in [1.29, 1.82) is 0 Å². The Labute approximate surface area is 231 Å². The highest BCUT2D eigenvalue weighted by Crippen LogP contribution is 2.40. The second kappa shape index (κ2) is 13.4. The van der Waals surface area contributed by atoms with Crippen LogP contribution in [0.15, 0.2) is 39.7 Å². The second-order valence-corrected chi connectivity index (χ2v) is 10.7. The maximum Gasteiger partial charge on any atom is 0.303 e. The molecule has 6 nitrogen and oxygen atoms in total. The van der Waals surface area contributed by atoms with Gasteiger partial charge in [0.25, 0.3) is 5.91 Å². The molecule has 1 fully saturated rings. The van der Waals surface area contributed by atoms with Crippen LogP contribution in [-0.2, 0) is 16.2 Å². The summed E-state index contributed by atoms with van der Waals surface area (Å²) in [6, 6.07) is 7.96. The predicted octanol–water partition coefficient (Wildman–Crippen LogP) is 7.07. The van der Waals surface area contributed by atoms with Crippen molar-refractivity contribution in [3.05, 3.63) is 61.7 Å². The van der Waals surface area contributed by atoms with Gasteiger partial charge in [0.15, 0.2) is 11.5 Å². The summed E-state index contributed by atoms with van der Waals surface area (Å²) in [5, 5.41) is 9.01. The maximum absolute atomic E-state index is 14.2. The molecule has 1 heterocycles. The molecule has 0 saturated carbocycles. The number of halogens is 3. The molecule has 1 amide bonds. The number of hydrogen-bond acceptors (Lipinski definition) is 6. The van der Waals surface area contributed by atoms with E-state index in [0.29, 0.717) is 63.2 Å². The number of ether oxygens (including phenoxy) is 2. The Kier molecular flexibility index (Phi) is 10.6. The Hall–Kier alpha value is -2.14. The maximum atomic E-state index is 14.2. The van der Waals surface area contributed by atoms with Crippen LogP contribution >= 0.6 is 51.5 Å². The molecule has 192 valence electrons. The number of carbonyl (C=O) groups is 2. The Morgan fingerprint density at radius 3 is 2.75 bits per heavy atom. The van der Waals surface area contributed by atoms with Crippen LogP contribution in [0.4, 0.5) is 4.39 Å². The van der Waals surface area contributed by atoms with Crippen LogP contribution in [0.2, 0.25) is 5.02 Å². The number of benzene rings is 2. The summed E-state index contributed by atoms with van der Waals surface area (Å²) in [4.78, 5) is 25.6. The molecular weight excluding hydrogens is 593 g/mol. The van der Waals surface area contributed by atoms with E-state index in [1.54, 1.807) is 29.2 Å². The van der Waals surface area contributed by atoms with Crippen LogP contribution in [0.25, 0.3) is 6.08 Å². The standard InChI is InChI=1S/C25H24BrClFNO5S2/c1-2-33-20-12-15(11-17(26)23(20)34-14-16-18(27)7-6-8-19(16)28)13-21-24(32)29(25(35)36-21)10-5-3-4-9-22(30)31/h6-8,11-13H,2-5,9-10,14H2,1H3,(H,30,31)/b21-13+. The van der Waals surface area contributed by atoms with Crippen molar-refractivity contribution >= 4 is 73.8 Å². The first-order chi connectivity index (χ1) is 17.2. The van der Waals surface area contributed by atoms with Crippen molar-refractivity contribution in [3.8, 4) is 11.5 Å². The molecule has 0 atom stereocenters. The average Bonchev–Trinajstić information content (AvgIpc) is 3.07. The molecule has 3 rings (SSSR count). The van der Waals surface area contributed by atoms with E-state index in [9.17, 15) is 14.0 Å². The smallest absolute Gasteiger partial charge is 0.303 e. The molecule has 0 spiro atoms. The molecule has 1 N–H and O–H groups in total.